The SMILES string of the molecule is COc1ccc2nc(Cl)n(C)c(=O)c2c1. The summed E-state index contributed by atoms with van der Waals surface area (Å²) in [6.07, 6.45) is 0. The number of rotatable bonds is 1. The van der Waals surface area contributed by atoms with Crippen molar-refractivity contribution in [3.63, 3.8) is 0 Å². The van der Waals surface area contributed by atoms with E-state index in [2.05, 4.69) is 4.98 Å². The molecule has 1 aromatic carbocycles. The molecule has 0 unspecified atom stereocenters. The fourth-order valence-electron chi connectivity index (χ4n) is 1.35. The van der Waals surface area contributed by atoms with E-state index in [1.54, 1.807) is 32.4 Å². The summed E-state index contributed by atoms with van der Waals surface area (Å²) in [5, 5.41) is 0.680. The molecule has 2 rings (SSSR count). The number of benzene rings is 1. The summed E-state index contributed by atoms with van der Waals surface area (Å²) in [6.45, 7) is 0. The third-order valence-electron chi connectivity index (χ3n) is 2.23. The van der Waals surface area contributed by atoms with Crippen LogP contribution < -0.4 is 10.3 Å². The summed E-state index contributed by atoms with van der Waals surface area (Å²) in [6, 6.07) is 5.10. The van der Waals surface area contributed by atoms with E-state index in [1.165, 1.54) is 4.57 Å². The summed E-state index contributed by atoms with van der Waals surface area (Å²) in [7, 11) is 3.13. The molecule has 1 heterocycles. The molecule has 0 radical (unpaired) electrons. The van der Waals surface area contributed by atoms with Gasteiger partial charge in [0.25, 0.3) is 5.56 Å². The van der Waals surface area contributed by atoms with Gasteiger partial charge >= 0.3 is 0 Å². The lowest BCUT2D eigenvalue weighted by atomic mass is 10.2. The van der Waals surface area contributed by atoms with Crippen molar-refractivity contribution in [2.24, 2.45) is 7.05 Å². The number of hydrogen-bond donors (Lipinski definition) is 0. The number of methoxy groups -OCH3 is 1. The Morgan fingerprint density at radius 3 is 2.87 bits per heavy atom. The molecule has 0 fully saturated rings. The monoisotopic (exact) mass is 224 g/mol. The standard InChI is InChI=1S/C10H9ClN2O2/c1-13-9(14)7-5-6(15-2)3-4-8(7)12-10(13)11/h3-5H,1-2H3. The summed E-state index contributed by atoms with van der Waals surface area (Å²) >= 11 is 5.79. The largest absolute Gasteiger partial charge is 0.497 e. The third-order valence-corrected chi connectivity index (χ3v) is 2.57. The van der Waals surface area contributed by atoms with E-state index in [-0.39, 0.29) is 10.8 Å². The minimum Gasteiger partial charge on any atom is -0.497 e. The smallest absolute Gasteiger partial charge is 0.262 e. The minimum absolute atomic E-state index is 0.177. The van der Waals surface area contributed by atoms with Gasteiger partial charge in [0, 0.05) is 7.05 Å². The van der Waals surface area contributed by atoms with Gasteiger partial charge in [0.05, 0.1) is 18.0 Å². The van der Waals surface area contributed by atoms with Crippen LogP contribution in [-0.4, -0.2) is 16.7 Å². The zero-order valence-corrected chi connectivity index (χ0v) is 9.08. The van der Waals surface area contributed by atoms with Gasteiger partial charge in [-0.3, -0.25) is 9.36 Å². The van der Waals surface area contributed by atoms with Crippen LogP contribution in [0.2, 0.25) is 5.28 Å². The number of halogens is 1. The first-order valence-corrected chi connectivity index (χ1v) is 4.71. The van der Waals surface area contributed by atoms with Crippen molar-refractivity contribution in [3.8, 4) is 5.75 Å². The average molecular weight is 225 g/mol. The lowest BCUT2D eigenvalue weighted by Gasteiger charge is -2.04. The Morgan fingerprint density at radius 1 is 1.47 bits per heavy atom. The van der Waals surface area contributed by atoms with Gasteiger partial charge in [-0.05, 0) is 29.8 Å². The van der Waals surface area contributed by atoms with Crippen molar-refractivity contribution >= 4 is 22.5 Å². The van der Waals surface area contributed by atoms with E-state index in [9.17, 15) is 4.79 Å². The highest BCUT2D eigenvalue weighted by Gasteiger charge is 2.06. The van der Waals surface area contributed by atoms with E-state index >= 15 is 0 Å². The van der Waals surface area contributed by atoms with Crippen LogP contribution in [0.25, 0.3) is 10.9 Å². The van der Waals surface area contributed by atoms with Crippen LogP contribution in [-0.2, 0) is 7.05 Å². The first-order valence-electron chi connectivity index (χ1n) is 4.34. The maximum Gasteiger partial charge on any atom is 0.262 e. The molecule has 0 bridgehead atoms. The molecule has 2 aromatic rings. The average Bonchev–Trinajstić information content (AvgIpc) is 2.26. The van der Waals surface area contributed by atoms with Crippen LogP contribution in [0.1, 0.15) is 0 Å². The Bertz CT molecular complexity index is 577. The Kier molecular flexibility index (Phi) is 2.36. The molecule has 0 aliphatic heterocycles. The van der Waals surface area contributed by atoms with E-state index in [0.29, 0.717) is 16.7 Å². The van der Waals surface area contributed by atoms with E-state index in [0.717, 1.165) is 0 Å². The van der Waals surface area contributed by atoms with Gasteiger partial charge in [0.15, 0.2) is 0 Å². The summed E-state index contributed by atoms with van der Waals surface area (Å²) in [5.74, 6) is 0.628. The molecule has 5 heteroatoms. The van der Waals surface area contributed by atoms with Gasteiger partial charge in [-0.25, -0.2) is 4.98 Å². The Balaban J connectivity index is 2.88. The molecule has 0 saturated heterocycles. The van der Waals surface area contributed by atoms with Gasteiger partial charge < -0.3 is 4.74 Å². The molecule has 1 aromatic heterocycles. The molecule has 78 valence electrons. The second kappa shape index (κ2) is 3.55. The van der Waals surface area contributed by atoms with Crippen LogP contribution in [0.5, 0.6) is 5.75 Å². The summed E-state index contributed by atoms with van der Waals surface area (Å²) < 4.78 is 6.33. The highest BCUT2D eigenvalue weighted by atomic mass is 35.5. The summed E-state index contributed by atoms with van der Waals surface area (Å²) in [4.78, 5) is 15.9. The Morgan fingerprint density at radius 2 is 2.20 bits per heavy atom. The number of aromatic nitrogens is 2. The molecule has 15 heavy (non-hydrogen) atoms. The second-order valence-electron chi connectivity index (χ2n) is 3.13. The maximum atomic E-state index is 11.8. The maximum absolute atomic E-state index is 11.8. The van der Waals surface area contributed by atoms with Gasteiger partial charge in [-0.1, -0.05) is 0 Å². The lowest BCUT2D eigenvalue weighted by Crippen LogP contribution is -2.18. The van der Waals surface area contributed by atoms with E-state index in [4.69, 9.17) is 16.3 Å². The van der Waals surface area contributed by atoms with Gasteiger partial charge in [-0.15, -0.1) is 0 Å². The molecule has 4 nitrogen and oxygen atoms in total. The predicted octanol–water partition coefficient (Wildman–Crippen LogP) is 1.60. The molecular weight excluding hydrogens is 216 g/mol. The molecule has 0 N–H and O–H groups in total. The molecular formula is C10H9ClN2O2. The van der Waals surface area contributed by atoms with Crippen LogP contribution in [0, 0.1) is 0 Å². The van der Waals surface area contributed by atoms with Crippen molar-refractivity contribution < 1.29 is 4.74 Å². The normalized spacial score (nSPS) is 10.6. The number of fused-ring (bicyclic) bond motifs is 1. The number of nitrogens with zero attached hydrogens (tertiary/aromatic N) is 2. The molecule has 0 atom stereocenters. The Hall–Kier alpha value is -1.55. The van der Waals surface area contributed by atoms with Crippen molar-refractivity contribution in [1.82, 2.24) is 9.55 Å². The highest BCUT2D eigenvalue weighted by molar-refractivity contribution is 6.28. The van der Waals surface area contributed by atoms with Crippen LogP contribution in [0.3, 0.4) is 0 Å². The first kappa shape index (κ1) is 9.98. The van der Waals surface area contributed by atoms with E-state index in [1.807, 2.05) is 0 Å². The van der Waals surface area contributed by atoms with Crippen LogP contribution in [0.4, 0.5) is 0 Å². The van der Waals surface area contributed by atoms with Gasteiger partial charge in [0.2, 0.25) is 5.28 Å². The molecule has 0 saturated carbocycles. The highest BCUT2D eigenvalue weighted by Crippen LogP contribution is 2.17. The molecule has 0 aliphatic rings. The van der Waals surface area contributed by atoms with E-state index < -0.39 is 0 Å². The minimum atomic E-state index is -0.177. The fourth-order valence-corrected chi connectivity index (χ4v) is 1.52. The zero-order chi connectivity index (χ0) is 11.0. The molecule has 0 aliphatic carbocycles. The van der Waals surface area contributed by atoms with Gasteiger partial charge in [-0.2, -0.15) is 0 Å². The summed E-state index contributed by atoms with van der Waals surface area (Å²) in [5.41, 5.74) is 0.396. The fraction of sp³-hybridized carbons (Fsp3) is 0.200. The quantitative estimate of drug-likeness (QED) is 0.691. The predicted molar refractivity (Wildman–Crippen MR) is 58.5 cm³/mol. The van der Waals surface area contributed by atoms with Crippen LogP contribution in [0.15, 0.2) is 23.0 Å². The van der Waals surface area contributed by atoms with Crippen molar-refractivity contribution in [2.75, 3.05) is 7.11 Å². The number of ether oxygens (including phenoxy) is 1. The Labute approximate surface area is 91.1 Å². The zero-order valence-electron chi connectivity index (χ0n) is 8.32. The van der Waals surface area contributed by atoms with Gasteiger partial charge in [0.1, 0.15) is 5.75 Å². The third kappa shape index (κ3) is 1.57. The second-order valence-corrected chi connectivity index (χ2v) is 3.47. The number of hydrogen-bond acceptors (Lipinski definition) is 3. The van der Waals surface area contributed by atoms with Crippen molar-refractivity contribution in [3.05, 3.63) is 33.8 Å². The first-order chi connectivity index (χ1) is 7.13. The molecule has 0 spiro atoms. The molecule has 0 amide bonds. The van der Waals surface area contributed by atoms with Crippen molar-refractivity contribution in [1.29, 1.82) is 0 Å². The van der Waals surface area contributed by atoms with Crippen molar-refractivity contribution in [2.45, 2.75) is 0 Å². The van der Waals surface area contributed by atoms with Crippen LogP contribution >= 0.6 is 11.6 Å². The lowest BCUT2D eigenvalue weighted by molar-refractivity contribution is 0.415. The topological polar surface area (TPSA) is 44.1 Å².